The molecule has 0 bridgehead atoms. The predicted octanol–water partition coefficient (Wildman–Crippen LogP) is 1.51. The number of nitrogens with zero attached hydrogens (tertiary/aromatic N) is 4. The Morgan fingerprint density at radius 2 is 2.05 bits per heavy atom. The van der Waals surface area contributed by atoms with Gasteiger partial charge in [0.05, 0.1) is 5.69 Å². The molecule has 21 heavy (non-hydrogen) atoms. The number of hydrogen-bond donors (Lipinski definition) is 1. The zero-order valence-electron chi connectivity index (χ0n) is 13.9. The van der Waals surface area contributed by atoms with E-state index >= 15 is 0 Å². The molecule has 0 aromatic carbocycles. The summed E-state index contributed by atoms with van der Waals surface area (Å²) in [6, 6.07) is 1.39. The maximum absolute atomic E-state index is 4.68. The zero-order valence-corrected chi connectivity index (χ0v) is 13.9. The summed E-state index contributed by atoms with van der Waals surface area (Å²) in [5, 5.41) is 8.33. The number of aromatic nitrogens is 2. The minimum absolute atomic E-state index is 0.651. The van der Waals surface area contributed by atoms with Gasteiger partial charge < -0.3 is 15.1 Å². The van der Waals surface area contributed by atoms with Crippen LogP contribution in [0.25, 0.3) is 0 Å². The molecule has 1 saturated carbocycles. The van der Waals surface area contributed by atoms with E-state index in [0.29, 0.717) is 6.04 Å². The standard InChI is InChI=1S/C16H29N5/c1-12-15(10-17-13-7-8-13)16(20(4)18-12)21-9-5-6-14(11-21)19(2)3/h13-14,17H,5-11H2,1-4H3. The summed E-state index contributed by atoms with van der Waals surface area (Å²) in [4.78, 5) is 4.90. The van der Waals surface area contributed by atoms with Gasteiger partial charge in [0.25, 0.3) is 0 Å². The van der Waals surface area contributed by atoms with Crippen LogP contribution >= 0.6 is 0 Å². The number of piperidine rings is 1. The third-order valence-electron chi connectivity index (χ3n) is 4.88. The van der Waals surface area contributed by atoms with Gasteiger partial charge in [-0.15, -0.1) is 0 Å². The number of anilines is 1. The summed E-state index contributed by atoms with van der Waals surface area (Å²) in [6.45, 7) is 5.37. The van der Waals surface area contributed by atoms with Gasteiger partial charge in [0.15, 0.2) is 0 Å². The topological polar surface area (TPSA) is 36.3 Å². The second-order valence-corrected chi connectivity index (χ2v) is 6.87. The highest BCUT2D eigenvalue weighted by atomic mass is 15.4. The molecule has 2 fully saturated rings. The predicted molar refractivity (Wildman–Crippen MR) is 86.7 cm³/mol. The van der Waals surface area contributed by atoms with E-state index in [0.717, 1.165) is 25.7 Å². The smallest absolute Gasteiger partial charge is 0.131 e. The molecule has 118 valence electrons. The Bertz CT molecular complexity index is 489. The highest BCUT2D eigenvalue weighted by Crippen LogP contribution is 2.28. The van der Waals surface area contributed by atoms with Crippen molar-refractivity contribution >= 4 is 5.82 Å². The van der Waals surface area contributed by atoms with Crippen molar-refractivity contribution in [3.8, 4) is 0 Å². The number of aryl methyl sites for hydroxylation is 2. The van der Waals surface area contributed by atoms with Gasteiger partial charge in [0, 0.05) is 44.3 Å². The fourth-order valence-corrected chi connectivity index (χ4v) is 3.39. The second kappa shape index (κ2) is 5.97. The van der Waals surface area contributed by atoms with Crippen molar-refractivity contribution in [3.05, 3.63) is 11.3 Å². The van der Waals surface area contributed by atoms with E-state index in [-0.39, 0.29) is 0 Å². The molecule has 1 unspecified atom stereocenters. The van der Waals surface area contributed by atoms with Gasteiger partial charge in [0.2, 0.25) is 0 Å². The van der Waals surface area contributed by atoms with Crippen LogP contribution in [0.3, 0.4) is 0 Å². The Morgan fingerprint density at radius 3 is 2.71 bits per heavy atom. The molecule has 0 amide bonds. The quantitative estimate of drug-likeness (QED) is 0.892. The van der Waals surface area contributed by atoms with Crippen molar-refractivity contribution in [3.63, 3.8) is 0 Å². The second-order valence-electron chi connectivity index (χ2n) is 6.87. The molecular formula is C16H29N5. The Labute approximate surface area is 128 Å². The summed E-state index contributed by atoms with van der Waals surface area (Å²) in [6.07, 6.45) is 5.24. The van der Waals surface area contributed by atoms with E-state index in [4.69, 9.17) is 0 Å². The third kappa shape index (κ3) is 3.24. The van der Waals surface area contributed by atoms with Crippen LogP contribution in [0.1, 0.15) is 36.9 Å². The number of likely N-dealkylation sites (N-methyl/N-ethyl adjacent to an activating group) is 1. The summed E-state index contributed by atoms with van der Waals surface area (Å²) >= 11 is 0. The SMILES string of the molecule is Cc1nn(C)c(N2CCCC(N(C)C)C2)c1CNC1CC1. The Hall–Kier alpha value is -1.07. The van der Waals surface area contributed by atoms with Crippen molar-refractivity contribution in [1.29, 1.82) is 0 Å². The highest BCUT2D eigenvalue weighted by Gasteiger charge is 2.27. The van der Waals surface area contributed by atoms with Crippen molar-refractivity contribution in [1.82, 2.24) is 20.0 Å². The van der Waals surface area contributed by atoms with E-state index < -0.39 is 0 Å². The molecule has 3 rings (SSSR count). The van der Waals surface area contributed by atoms with E-state index in [1.807, 2.05) is 0 Å². The van der Waals surface area contributed by atoms with Crippen molar-refractivity contribution < 1.29 is 0 Å². The lowest BCUT2D eigenvalue weighted by molar-refractivity contribution is 0.256. The van der Waals surface area contributed by atoms with Gasteiger partial charge in [-0.2, -0.15) is 5.10 Å². The van der Waals surface area contributed by atoms with Gasteiger partial charge in [-0.1, -0.05) is 0 Å². The number of nitrogens with one attached hydrogen (secondary N) is 1. The minimum atomic E-state index is 0.651. The maximum atomic E-state index is 4.68. The Morgan fingerprint density at radius 1 is 1.29 bits per heavy atom. The van der Waals surface area contributed by atoms with E-state index in [9.17, 15) is 0 Å². The fraction of sp³-hybridized carbons (Fsp3) is 0.812. The van der Waals surface area contributed by atoms with Crippen LogP contribution in [-0.4, -0.2) is 53.9 Å². The first-order valence-corrected chi connectivity index (χ1v) is 8.23. The lowest BCUT2D eigenvalue weighted by atomic mass is 10.0. The fourth-order valence-electron chi connectivity index (χ4n) is 3.39. The average Bonchev–Trinajstić information content (AvgIpc) is 3.22. The van der Waals surface area contributed by atoms with Gasteiger partial charge in [-0.25, -0.2) is 0 Å². The molecule has 0 radical (unpaired) electrons. The molecule has 0 spiro atoms. The van der Waals surface area contributed by atoms with E-state index in [1.54, 1.807) is 0 Å². The Kier molecular flexibility index (Phi) is 4.22. The van der Waals surface area contributed by atoms with Crippen molar-refractivity contribution in [2.45, 2.75) is 51.2 Å². The molecule has 1 saturated heterocycles. The van der Waals surface area contributed by atoms with Crippen LogP contribution in [0.4, 0.5) is 5.82 Å². The summed E-state index contributed by atoms with van der Waals surface area (Å²) in [7, 11) is 6.47. The lowest BCUT2D eigenvalue weighted by Gasteiger charge is -2.37. The Balaban J connectivity index is 1.78. The molecule has 1 aromatic rings. The van der Waals surface area contributed by atoms with Crippen LogP contribution in [0.15, 0.2) is 0 Å². The molecular weight excluding hydrogens is 262 g/mol. The largest absolute Gasteiger partial charge is 0.355 e. The zero-order chi connectivity index (χ0) is 15.0. The average molecular weight is 291 g/mol. The lowest BCUT2D eigenvalue weighted by Crippen LogP contribution is -2.46. The van der Waals surface area contributed by atoms with Crippen LogP contribution in [-0.2, 0) is 13.6 Å². The molecule has 1 atom stereocenters. The molecule has 1 aliphatic heterocycles. The van der Waals surface area contributed by atoms with Gasteiger partial charge in [-0.3, -0.25) is 4.68 Å². The molecule has 1 N–H and O–H groups in total. The molecule has 5 heteroatoms. The molecule has 1 aromatic heterocycles. The van der Waals surface area contributed by atoms with Crippen LogP contribution in [0, 0.1) is 6.92 Å². The van der Waals surface area contributed by atoms with Gasteiger partial charge >= 0.3 is 0 Å². The highest BCUT2D eigenvalue weighted by molar-refractivity contribution is 5.50. The van der Waals surface area contributed by atoms with Crippen LogP contribution < -0.4 is 10.2 Å². The normalized spacial score (nSPS) is 23.1. The molecule has 2 aliphatic rings. The monoisotopic (exact) mass is 291 g/mol. The third-order valence-corrected chi connectivity index (χ3v) is 4.88. The van der Waals surface area contributed by atoms with Crippen LogP contribution in [0.2, 0.25) is 0 Å². The maximum Gasteiger partial charge on any atom is 0.131 e. The summed E-state index contributed by atoms with van der Waals surface area (Å²) in [5.41, 5.74) is 2.57. The van der Waals surface area contributed by atoms with Crippen LogP contribution in [0.5, 0.6) is 0 Å². The summed E-state index contributed by atoms with van der Waals surface area (Å²) in [5.74, 6) is 1.33. The first-order chi connectivity index (χ1) is 10.1. The van der Waals surface area contributed by atoms with Crippen molar-refractivity contribution in [2.75, 3.05) is 32.1 Å². The van der Waals surface area contributed by atoms with Crippen molar-refractivity contribution in [2.24, 2.45) is 7.05 Å². The van der Waals surface area contributed by atoms with E-state index in [2.05, 4.69) is 53.0 Å². The van der Waals surface area contributed by atoms with E-state index in [1.165, 1.54) is 42.8 Å². The molecule has 2 heterocycles. The summed E-state index contributed by atoms with van der Waals surface area (Å²) < 4.78 is 2.08. The molecule has 5 nitrogen and oxygen atoms in total. The molecule has 1 aliphatic carbocycles. The van der Waals surface area contributed by atoms with Gasteiger partial charge in [-0.05, 0) is 46.7 Å². The number of hydrogen-bond acceptors (Lipinski definition) is 4. The number of rotatable bonds is 5. The van der Waals surface area contributed by atoms with Gasteiger partial charge in [0.1, 0.15) is 5.82 Å². The minimum Gasteiger partial charge on any atom is -0.355 e. The first-order valence-electron chi connectivity index (χ1n) is 8.23. The first kappa shape index (κ1) is 14.9.